The second-order valence-corrected chi connectivity index (χ2v) is 8.83. The van der Waals surface area contributed by atoms with Gasteiger partial charge in [-0.1, -0.05) is 51.1 Å². The van der Waals surface area contributed by atoms with E-state index in [1.54, 1.807) is 12.1 Å². The van der Waals surface area contributed by atoms with Gasteiger partial charge in [0.1, 0.15) is 0 Å². The number of rotatable bonds is 5. The van der Waals surface area contributed by atoms with Crippen molar-refractivity contribution in [2.24, 2.45) is 11.3 Å². The van der Waals surface area contributed by atoms with E-state index >= 15 is 0 Å². The fourth-order valence-corrected chi connectivity index (χ4v) is 3.41. The maximum atomic E-state index is 12.8. The molecule has 1 saturated carbocycles. The largest absolute Gasteiger partial charge is 0.447 e. The standard InChI is InChI=1S/C22H30N2O4/c1-22(2,3)21(27)24-13-11-16(12-14-24)20(26)28-18(15-7-5-4-6-8-15)19(25)23-17-9-10-17/h4-8,16-18H,9-14H2,1-3H3,(H,23,25)/t18-/m1/s1. The van der Waals surface area contributed by atoms with Gasteiger partial charge in [-0.3, -0.25) is 14.4 Å². The Morgan fingerprint density at radius 3 is 2.18 bits per heavy atom. The van der Waals surface area contributed by atoms with Gasteiger partial charge < -0.3 is 15.0 Å². The summed E-state index contributed by atoms with van der Waals surface area (Å²) in [4.78, 5) is 39.6. The predicted octanol–water partition coefficient (Wildman–Crippen LogP) is 2.83. The molecule has 1 saturated heterocycles. The molecule has 6 heteroatoms. The quantitative estimate of drug-likeness (QED) is 0.790. The van der Waals surface area contributed by atoms with Crippen LogP contribution in [0.1, 0.15) is 58.1 Å². The molecule has 0 aromatic heterocycles. The lowest BCUT2D eigenvalue weighted by molar-refractivity contribution is -0.162. The van der Waals surface area contributed by atoms with Gasteiger partial charge in [0.2, 0.25) is 12.0 Å². The van der Waals surface area contributed by atoms with E-state index < -0.39 is 11.5 Å². The molecular formula is C22H30N2O4. The number of ether oxygens (including phenoxy) is 1. The second kappa shape index (κ2) is 8.33. The van der Waals surface area contributed by atoms with Gasteiger partial charge in [0.25, 0.3) is 5.91 Å². The van der Waals surface area contributed by atoms with Gasteiger partial charge in [-0.05, 0) is 25.7 Å². The molecule has 1 aromatic carbocycles. The number of nitrogens with one attached hydrogen (secondary N) is 1. The van der Waals surface area contributed by atoms with Crippen LogP contribution in [0.3, 0.4) is 0 Å². The average molecular weight is 386 g/mol. The molecule has 1 aliphatic carbocycles. The number of hydrogen-bond acceptors (Lipinski definition) is 4. The van der Waals surface area contributed by atoms with Crippen LogP contribution in [0.25, 0.3) is 0 Å². The number of carbonyl (C=O) groups is 3. The lowest BCUT2D eigenvalue weighted by Gasteiger charge is -2.35. The van der Waals surface area contributed by atoms with Crippen molar-refractivity contribution < 1.29 is 19.1 Å². The number of nitrogens with zero attached hydrogens (tertiary/aromatic N) is 1. The number of esters is 1. The SMILES string of the molecule is CC(C)(C)C(=O)N1CCC(C(=O)O[C@@H](C(=O)NC2CC2)c2ccccc2)CC1. The van der Waals surface area contributed by atoms with E-state index in [-0.39, 0.29) is 29.7 Å². The molecule has 1 atom stereocenters. The topological polar surface area (TPSA) is 75.7 Å². The Balaban J connectivity index is 1.61. The minimum Gasteiger partial charge on any atom is -0.447 e. The second-order valence-electron chi connectivity index (χ2n) is 8.83. The predicted molar refractivity (Wildman–Crippen MR) is 105 cm³/mol. The molecule has 0 spiro atoms. The molecule has 2 aliphatic rings. The molecule has 152 valence electrons. The number of piperidine rings is 1. The minimum absolute atomic E-state index is 0.102. The summed E-state index contributed by atoms with van der Waals surface area (Å²) >= 11 is 0. The third kappa shape index (κ3) is 5.12. The number of amides is 2. The summed E-state index contributed by atoms with van der Waals surface area (Å²) in [5.74, 6) is -0.806. The minimum atomic E-state index is -0.927. The van der Waals surface area contributed by atoms with Crippen molar-refractivity contribution in [2.75, 3.05) is 13.1 Å². The van der Waals surface area contributed by atoms with Crippen LogP contribution in [0.4, 0.5) is 0 Å². The Kier molecular flexibility index (Phi) is 6.06. The number of benzene rings is 1. The monoisotopic (exact) mass is 386 g/mol. The Morgan fingerprint density at radius 2 is 1.64 bits per heavy atom. The van der Waals surface area contributed by atoms with E-state index in [1.807, 2.05) is 43.9 Å². The fraction of sp³-hybridized carbons (Fsp3) is 0.591. The molecule has 1 N–H and O–H groups in total. The lowest BCUT2D eigenvalue weighted by atomic mass is 9.91. The maximum Gasteiger partial charge on any atom is 0.310 e. The molecule has 28 heavy (non-hydrogen) atoms. The molecule has 0 radical (unpaired) electrons. The highest BCUT2D eigenvalue weighted by Crippen LogP contribution is 2.28. The van der Waals surface area contributed by atoms with Crippen LogP contribution in [-0.2, 0) is 19.1 Å². The van der Waals surface area contributed by atoms with E-state index in [4.69, 9.17) is 4.74 Å². The summed E-state index contributed by atoms with van der Waals surface area (Å²) in [6.45, 7) is 6.79. The molecule has 0 unspecified atom stereocenters. The first kappa shape index (κ1) is 20.4. The van der Waals surface area contributed by atoms with Crippen LogP contribution in [-0.4, -0.2) is 41.8 Å². The first-order chi connectivity index (χ1) is 13.3. The van der Waals surface area contributed by atoms with Gasteiger partial charge in [0, 0.05) is 30.1 Å². The van der Waals surface area contributed by atoms with Crippen molar-refractivity contribution in [2.45, 2.75) is 58.6 Å². The first-order valence-electron chi connectivity index (χ1n) is 10.1. The van der Waals surface area contributed by atoms with E-state index in [9.17, 15) is 14.4 Å². The van der Waals surface area contributed by atoms with Crippen LogP contribution < -0.4 is 5.32 Å². The van der Waals surface area contributed by atoms with Crippen LogP contribution >= 0.6 is 0 Å². The van der Waals surface area contributed by atoms with Gasteiger partial charge in [0.05, 0.1) is 5.92 Å². The summed E-state index contributed by atoms with van der Waals surface area (Å²) in [6.07, 6.45) is 2.14. The zero-order valence-corrected chi connectivity index (χ0v) is 16.9. The Bertz CT molecular complexity index is 714. The van der Waals surface area contributed by atoms with Crippen LogP contribution in [0, 0.1) is 11.3 Å². The Hall–Kier alpha value is -2.37. The van der Waals surface area contributed by atoms with E-state index in [0.717, 1.165) is 12.8 Å². The molecule has 1 aromatic rings. The van der Waals surface area contributed by atoms with E-state index in [2.05, 4.69) is 5.32 Å². The van der Waals surface area contributed by atoms with Crippen molar-refractivity contribution >= 4 is 17.8 Å². The Morgan fingerprint density at radius 1 is 1.04 bits per heavy atom. The maximum absolute atomic E-state index is 12.8. The molecule has 2 amide bonds. The van der Waals surface area contributed by atoms with Crippen molar-refractivity contribution in [1.29, 1.82) is 0 Å². The fourth-order valence-electron chi connectivity index (χ4n) is 3.41. The molecule has 1 aliphatic heterocycles. The van der Waals surface area contributed by atoms with Crippen molar-refractivity contribution in [3.63, 3.8) is 0 Å². The average Bonchev–Trinajstić information content (AvgIpc) is 3.49. The van der Waals surface area contributed by atoms with E-state index in [1.165, 1.54) is 0 Å². The summed E-state index contributed by atoms with van der Waals surface area (Å²) in [7, 11) is 0. The van der Waals surface area contributed by atoms with Crippen molar-refractivity contribution in [3.05, 3.63) is 35.9 Å². The highest BCUT2D eigenvalue weighted by molar-refractivity contribution is 5.86. The number of carbonyl (C=O) groups excluding carboxylic acids is 3. The van der Waals surface area contributed by atoms with Gasteiger partial charge in [-0.15, -0.1) is 0 Å². The smallest absolute Gasteiger partial charge is 0.310 e. The zero-order chi connectivity index (χ0) is 20.3. The highest BCUT2D eigenvalue weighted by atomic mass is 16.5. The molecule has 1 heterocycles. The third-order valence-corrected chi connectivity index (χ3v) is 5.26. The molecular weight excluding hydrogens is 356 g/mol. The Labute approximate surface area is 166 Å². The molecule has 6 nitrogen and oxygen atoms in total. The normalized spacial score (nSPS) is 19.0. The van der Waals surface area contributed by atoms with Crippen LogP contribution in [0.2, 0.25) is 0 Å². The van der Waals surface area contributed by atoms with Gasteiger partial charge in [-0.25, -0.2) is 0 Å². The third-order valence-electron chi connectivity index (χ3n) is 5.26. The summed E-state index contributed by atoms with van der Waals surface area (Å²) in [6, 6.07) is 9.32. The highest BCUT2D eigenvalue weighted by Gasteiger charge is 2.36. The van der Waals surface area contributed by atoms with Gasteiger partial charge in [-0.2, -0.15) is 0 Å². The molecule has 2 fully saturated rings. The van der Waals surface area contributed by atoms with Crippen molar-refractivity contribution in [1.82, 2.24) is 10.2 Å². The first-order valence-corrected chi connectivity index (χ1v) is 10.1. The molecule has 0 bridgehead atoms. The van der Waals surface area contributed by atoms with Gasteiger partial charge >= 0.3 is 5.97 Å². The van der Waals surface area contributed by atoms with Gasteiger partial charge in [0.15, 0.2) is 0 Å². The van der Waals surface area contributed by atoms with E-state index in [0.29, 0.717) is 31.5 Å². The van der Waals surface area contributed by atoms with Crippen LogP contribution in [0.15, 0.2) is 30.3 Å². The number of hydrogen-bond donors (Lipinski definition) is 1. The summed E-state index contributed by atoms with van der Waals surface area (Å²) < 4.78 is 5.68. The van der Waals surface area contributed by atoms with Crippen LogP contribution in [0.5, 0.6) is 0 Å². The number of likely N-dealkylation sites (tertiary alicyclic amines) is 1. The summed E-state index contributed by atoms with van der Waals surface area (Å²) in [5, 5.41) is 2.93. The zero-order valence-electron chi connectivity index (χ0n) is 16.9. The lowest BCUT2D eigenvalue weighted by Crippen LogP contribution is -2.45. The molecule has 3 rings (SSSR count). The summed E-state index contributed by atoms with van der Waals surface area (Å²) in [5.41, 5.74) is 0.251. The van der Waals surface area contributed by atoms with Crippen molar-refractivity contribution in [3.8, 4) is 0 Å².